The Morgan fingerprint density at radius 1 is 1.14 bits per heavy atom. The molecule has 1 saturated heterocycles. The summed E-state index contributed by atoms with van der Waals surface area (Å²) in [5.74, 6) is 0.0636. The van der Waals surface area contributed by atoms with Crippen LogP contribution in [0.2, 0.25) is 0 Å². The maximum Gasteiger partial charge on any atom is 0.697 e. The van der Waals surface area contributed by atoms with Gasteiger partial charge in [0, 0.05) is 9.13 Å². The van der Waals surface area contributed by atoms with Crippen LogP contribution in [-0.4, -0.2) is 75.3 Å². The Morgan fingerprint density at radius 3 is 2.39 bits per heavy atom. The third-order valence-corrected chi connectivity index (χ3v) is 4.72. The minimum Gasteiger partial charge on any atom is -0.387 e. The van der Waals surface area contributed by atoms with Gasteiger partial charge in [-0.1, -0.05) is 9.05 Å². The van der Waals surface area contributed by atoms with Crippen LogP contribution >= 0.6 is 16.5 Å². The molecule has 0 bridgehead atoms. The van der Waals surface area contributed by atoms with Gasteiger partial charge in [0.05, 0.1) is 6.33 Å². The monoisotopic (exact) mass is 439 g/mol. The van der Waals surface area contributed by atoms with E-state index < -0.39 is 53.4 Å². The molecule has 1 fully saturated rings. The van der Waals surface area contributed by atoms with Crippen molar-refractivity contribution in [2.45, 2.75) is 36.9 Å². The fourth-order valence-electron chi connectivity index (χ4n) is 2.73. The van der Waals surface area contributed by atoms with Crippen LogP contribution in [0.15, 0.2) is 12.7 Å². The normalized spacial score (nSPS) is 28.3. The molecule has 0 amide bonds. The third-order valence-electron chi connectivity index (χ3n) is 3.94. The van der Waals surface area contributed by atoms with Gasteiger partial charge < -0.3 is 25.8 Å². The van der Waals surface area contributed by atoms with Crippen molar-refractivity contribution >= 4 is 33.5 Å². The fourth-order valence-corrected chi connectivity index (χ4v) is 3.49. The Morgan fingerprint density at radius 2 is 1.79 bits per heavy atom. The SMILES string of the molecule is Nc1ncnc2c1ncn2[C@@H]1O[C@H](C(O)C(O[P+](=O)O)O[P+](=O)O)[C@@H](O)[C@H]1O. The predicted molar refractivity (Wildman–Crippen MR) is 87.3 cm³/mol. The van der Waals surface area contributed by atoms with Crippen LogP contribution in [0, 0.1) is 0 Å². The summed E-state index contributed by atoms with van der Waals surface area (Å²) < 4.78 is 37.1. The molecular formula is C11H15N5O10P2+2. The molecule has 3 unspecified atom stereocenters. The molecule has 28 heavy (non-hydrogen) atoms. The topological polar surface area (TPSA) is 233 Å². The van der Waals surface area contributed by atoms with Gasteiger partial charge in [-0.15, -0.1) is 9.79 Å². The molecule has 152 valence electrons. The first-order valence-corrected chi connectivity index (χ1v) is 9.75. The molecule has 0 aliphatic carbocycles. The van der Waals surface area contributed by atoms with Crippen LogP contribution in [0.5, 0.6) is 0 Å². The number of hydrogen-bond acceptors (Lipinski definition) is 12. The summed E-state index contributed by atoms with van der Waals surface area (Å²) in [7, 11) is -6.67. The molecule has 7 atom stereocenters. The van der Waals surface area contributed by atoms with Crippen molar-refractivity contribution in [2.24, 2.45) is 0 Å². The van der Waals surface area contributed by atoms with Crippen molar-refractivity contribution in [3.63, 3.8) is 0 Å². The van der Waals surface area contributed by atoms with Gasteiger partial charge in [0.15, 0.2) is 17.7 Å². The first kappa shape index (κ1) is 21.0. The molecule has 7 N–H and O–H groups in total. The molecule has 3 heterocycles. The number of imidazole rings is 1. The highest BCUT2D eigenvalue weighted by Crippen LogP contribution is 2.37. The molecule has 15 nitrogen and oxygen atoms in total. The molecule has 1 aliphatic heterocycles. The summed E-state index contributed by atoms with van der Waals surface area (Å²) >= 11 is 0. The van der Waals surface area contributed by atoms with Gasteiger partial charge in [0.2, 0.25) is 0 Å². The number of aliphatic hydroxyl groups is 3. The molecule has 0 radical (unpaired) electrons. The Kier molecular flexibility index (Phi) is 6.21. The zero-order valence-corrected chi connectivity index (χ0v) is 15.4. The summed E-state index contributed by atoms with van der Waals surface area (Å²) in [4.78, 5) is 29.4. The minimum absolute atomic E-state index is 0.0636. The van der Waals surface area contributed by atoms with E-state index >= 15 is 0 Å². The van der Waals surface area contributed by atoms with Crippen molar-refractivity contribution in [3.05, 3.63) is 12.7 Å². The molecule has 2 aromatic rings. The smallest absolute Gasteiger partial charge is 0.387 e. The Balaban J connectivity index is 1.87. The van der Waals surface area contributed by atoms with Gasteiger partial charge in [0.1, 0.15) is 36.3 Å². The van der Waals surface area contributed by atoms with E-state index in [-0.39, 0.29) is 17.0 Å². The maximum atomic E-state index is 10.9. The second kappa shape index (κ2) is 8.31. The molecule has 1 aliphatic rings. The van der Waals surface area contributed by atoms with Gasteiger partial charge in [-0.3, -0.25) is 4.57 Å². The number of nitrogens with zero attached hydrogens (tertiary/aromatic N) is 4. The number of aliphatic hydroxyl groups excluding tert-OH is 3. The van der Waals surface area contributed by atoms with Crippen LogP contribution in [0.4, 0.5) is 5.82 Å². The van der Waals surface area contributed by atoms with Crippen LogP contribution in [-0.2, 0) is 22.9 Å². The van der Waals surface area contributed by atoms with Gasteiger partial charge in [-0.25, -0.2) is 15.0 Å². The Hall–Kier alpha value is -1.77. The summed E-state index contributed by atoms with van der Waals surface area (Å²) in [6.07, 6.45) is -8.06. The molecular weight excluding hydrogens is 424 g/mol. The average Bonchev–Trinajstić information content (AvgIpc) is 3.16. The standard InChI is InChI=1S/C11H13N5O10P2/c12-8-3-9(14-1-13-8)16(2-15-3)10-5(18)4(17)7(24-10)6(19)11(25-27(20)21)26-28(22)23/h1-2,4-7,10-11,17-19H,(H2-2,12,13,14,20,21,22,23)/p+2/t4-,5+,6?,7-,10+/m0/s1. The van der Waals surface area contributed by atoms with E-state index in [1.165, 1.54) is 10.9 Å². The van der Waals surface area contributed by atoms with Crippen molar-refractivity contribution < 1.29 is 48.0 Å². The van der Waals surface area contributed by atoms with Crippen molar-refractivity contribution in [2.75, 3.05) is 5.73 Å². The van der Waals surface area contributed by atoms with Crippen molar-refractivity contribution in [1.82, 2.24) is 19.5 Å². The zero-order valence-electron chi connectivity index (χ0n) is 13.7. The highest BCUT2D eigenvalue weighted by Gasteiger charge is 2.53. The number of nitrogen functional groups attached to an aromatic ring is 1. The number of aromatic nitrogens is 4. The van der Waals surface area contributed by atoms with Gasteiger partial charge >= 0.3 is 16.5 Å². The highest BCUT2D eigenvalue weighted by molar-refractivity contribution is 7.32. The lowest BCUT2D eigenvalue weighted by Crippen LogP contribution is -2.45. The van der Waals surface area contributed by atoms with E-state index in [4.69, 9.17) is 20.3 Å². The lowest BCUT2D eigenvalue weighted by atomic mass is 10.1. The van der Waals surface area contributed by atoms with Gasteiger partial charge in [-0.2, -0.15) is 0 Å². The number of nitrogens with two attached hydrogens (primary N) is 1. The molecule has 3 rings (SSSR count). The highest BCUT2D eigenvalue weighted by atomic mass is 31.1. The van der Waals surface area contributed by atoms with Crippen LogP contribution < -0.4 is 5.73 Å². The summed E-state index contributed by atoms with van der Waals surface area (Å²) in [5, 5.41) is 30.8. The number of hydrogen-bond donors (Lipinski definition) is 6. The molecule has 0 spiro atoms. The largest absolute Gasteiger partial charge is 0.697 e. The summed E-state index contributed by atoms with van der Waals surface area (Å²) in [6, 6.07) is 0. The molecule has 0 aromatic carbocycles. The lowest BCUT2D eigenvalue weighted by Gasteiger charge is -2.21. The van der Waals surface area contributed by atoms with E-state index in [1.807, 2.05) is 0 Å². The van der Waals surface area contributed by atoms with Crippen molar-refractivity contribution in [3.8, 4) is 0 Å². The Bertz CT molecular complexity index is 882. The molecule has 17 heteroatoms. The average molecular weight is 439 g/mol. The number of fused-ring (bicyclic) bond motifs is 1. The van der Waals surface area contributed by atoms with E-state index in [1.54, 1.807) is 0 Å². The first-order valence-electron chi connectivity index (χ1n) is 7.49. The molecule has 2 aromatic heterocycles. The van der Waals surface area contributed by atoms with Gasteiger partial charge in [0.25, 0.3) is 6.29 Å². The maximum absolute atomic E-state index is 10.9. The lowest BCUT2D eigenvalue weighted by molar-refractivity contribution is -0.162. The van der Waals surface area contributed by atoms with E-state index in [0.717, 1.165) is 6.33 Å². The quantitative estimate of drug-likeness (QED) is 0.203. The van der Waals surface area contributed by atoms with Crippen LogP contribution in [0.3, 0.4) is 0 Å². The summed E-state index contributed by atoms with van der Waals surface area (Å²) in [6.45, 7) is 0. The second-order valence-corrected chi connectivity index (χ2v) is 6.97. The second-order valence-electron chi connectivity index (χ2n) is 5.60. The Labute approximate surface area is 157 Å². The van der Waals surface area contributed by atoms with E-state index in [0.29, 0.717) is 0 Å². The van der Waals surface area contributed by atoms with E-state index in [9.17, 15) is 24.4 Å². The third kappa shape index (κ3) is 3.99. The summed E-state index contributed by atoms with van der Waals surface area (Å²) in [5.41, 5.74) is 6.05. The van der Waals surface area contributed by atoms with Gasteiger partial charge in [-0.05, 0) is 0 Å². The first-order chi connectivity index (χ1) is 13.2. The number of anilines is 1. The number of ether oxygens (including phenoxy) is 1. The fraction of sp³-hybridized carbons (Fsp3) is 0.545. The van der Waals surface area contributed by atoms with Crippen molar-refractivity contribution in [1.29, 1.82) is 0 Å². The zero-order chi connectivity index (χ0) is 20.6. The van der Waals surface area contributed by atoms with Crippen LogP contribution in [0.25, 0.3) is 11.2 Å². The molecule has 0 saturated carbocycles. The predicted octanol–water partition coefficient (Wildman–Crippen LogP) is -1.95. The minimum atomic E-state index is -3.34. The van der Waals surface area contributed by atoms with E-state index in [2.05, 4.69) is 24.0 Å². The number of rotatable bonds is 7. The van der Waals surface area contributed by atoms with Crippen LogP contribution in [0.1, 0.15) is 6.23 Å².